The van der Waals surface area contributed by atoms with Gasteiger partial charge in [0.2, 0.25) is 5.91 Å². The van der Waals surface area contributed by atoms with Crippen LogP contribution in [-0.4, -0.2) is 68.3 Å². The number of nitrogens with zero attached hydrogens (tertiary/aromatic N) is 2. The molecular formula is C22H32N2O3. The maximum absolute atomic E-state index is 13.8. The second-order valence-electron chi connectivity index (χ2n) is 8.21. The standard InChI is InChI=1S/C22H32N2O3/c1-26-20-8-6-18(7-9-20)22(10-2-3-11-22)21(25)24-12-4-5-19(17-24)23-13-15-27-16-14-23/h6-9,19H,2-5,10-17H2,1H3/t19-/m1/s1. The molecule has 1 atom stereocenters. The molecule has 148 valence electrons. The van der Waals surface area contributed by atoms with Crippen LogP contribution in [0.1, 0.15) is 44.1 Å². The van der Waals surface area contributed by atoms with Gasteiger partial charge in [0.15, 0.2) is 0 Å². The van der Waals surface area contributed by atoms with E-state index in [1.54, 1.807) is 7.11 Å². The molecule has 5 nitrogen and oxygen atoms in total. The highest BCUT2D eigenvalue weighted by molar-refractivity contribution is 5.89. The molecule has 5 heteroatoms. The van der Waals surface area contributed by atoms with Crippen molar-refractivity contribution < 1.29 is 14.3 Å². The van der Waals surface area contributed by atoms with Gasteiger partial charge in [-0.2, -0.15) is 0 Å². The van der Waals surface area contributed by atoms with Crippen molar-refractivity contribution in [3.63, 3.8) is 0 Å². The lowest BCUT2D eigenvalue weighted by Crippen LogP contribution is -2.56. The summed E-state index contributed by atoms with van der Waals surface area (Å²) >= 11 is 0. The van der Waals surface area contributed by atoms with Gasteiger partial charge in [-0.1, -0.05) is 25.0 Å². The zero-order valence-electron chi connectivity index (χ0n) is 16.5. The number of rotatable bonds is 4. The molecule has 2 aliphatic heterocycles. The minimum absolute atomic E-state index is 0.334. The van der Waals surface area contributed by atoms with E-state index in [9.17, 15) is 4.79 Å². The van der Waals surface area contributed by atoms with E-state index < -0.39 is 0 Å². The minimum Gasteiger partial charge on any atom is -0.497 e. The quantitative estimate of drug-likeness (QED) is 0.815. The van der Waals surface area contributed by atoms with Gasteiger partial charge >= 0.3 is 0 Å². The van der Waals surface area contributed by atoms with Gasteiger partial charge in [0, 0.05) is 32.2 Å². The number of piperidine rings is 1. The number of hydrogen-bond donors (Lipinski definition) is 0. The van der Waals surface area contributed by atoms with Crippen LogP contribution >= 0.6 is 0 Å². The molecule has 0 unspecified atom stereocenters. The summed E-state index contributed by atoms with van der Waals surface area (Å²) in [7, 11) is 1.69. The maximum Gasteiger partial charge on any atom is 0.233 e. The Morgan fingerprint density at radius 1 is 1.07 bits per heavy atom. The Morgan fingerprint density at radius 2 is 1.78 bits per heavy atom. The number of methoxy groups -OCH3 is 1. The fraction of sp³-hybridized carbons (Fsp3) is 0.682. The third kappa shape index (κ3) is 3.72. The van der Waals surface area contributed by atoms with E-state index in [1.165, 1.54) is 12.0 Å². The molecule has 0 radical (unpaired) electrons. The van der Waals surface area contributed by atoms with Crippen molar-refractivity contribution >= 4 is 5.91 Å². The predicted molar refractivity (Wildman–Crippen MR) is 105 cm³/mol. The van der Waals surface area contributed by atoms with Gasteiger partial charge in [-0.05, 0) is 43.4 Å². The Morgan fingerprint density at radius 3 is 2.44 bits per heavy atom. The summed E-state index contributed by atoms with van der Waals surface area (Å²) in [4.78, 5) is 18.4. The van der Waals surface area contributed by atoms with Gasteiger partial charge in [-0.25, -0.2) is 0 Å². The molecule has 0 spiro atoms. The van der Waals surface area contributed by atoms with Crippen molar-refractivity contribution in [1.29, 1.82) is 0 Å². The molecule has 0 aromatic heterocycles. The van der Waals surface area contributed by atoms with Gasteiger partial charge in [-0.3, -0.25) is 9.69 Å². The largest absolute Gasteiger partial charge is 0.497 e. The summed E-state index contributed by atoms with van der Waals surface area (Å²) in [5, 5.41) is 0. The summed E-state index contributed by atoms with van der Waals surface area (Å²) in [6.07, 6.45) is 6.51. The van der Waals surface area contributed by atoms with E-state index in [0.29, 0.717) is 11.9 Å². The number of benzene rings is 1. The second kappa shape index (κ2) is 8.19. The van der Waals surface area contributed by atoms with Crippen LogP contribution < -0.4 is 4.74 Å². The van der Waals surface area contributed by atoms with Gasteiger partial charge in [-0.15, -0.1) is 0 Å². The first-order valence-corrected chi connectivity index (χ1v) is 10.5. The van der Waals surface area contributed by atoms with E-state index >= 15 is 0 Å². The van der Waals surface area contributed by atoms with Crippen LogP contribution in [0.5, 0.6) is 5.75 Å². The third-order valence-corrected chi connectivity index (χ3v) is 6.75. The number of carbonyl (C=O) groups excluding carboxylic acids is 1. The molecular weight excluding hydrogens is 340 g/mol. The number of amides is 1. The van der Waals surface area contributed by atoms with E-state index in [2.05, 4.69) is 21.9 Å². The molecule has 2 heterocycles. The lowest BCUT2D eigenvalue weighted by molar-refractivity contribution is -0.140. The molecule has 0 bridgehead atoms. The van der Waals surface area contributed by atoms with Gasteiger partial charge in [0.25, 0.3) is 0 Å². The SMILES string of the molecule is COc1ccc(C2(C(=O)N3CCC[C@@H](N4CCOCC4)C3)CCCC2)cc1. The van der Waals surface area contributed by atoms with E-state index in [1.807, 2.05) is 12.1 Å². The monoisotopic (exact) mass is 372 g/mol. The highest BCUT2D eigenvalue weighted by Gasteiger charge is 2.46. The zero-order chi connectivity index (χ0) is 18.7. The van der Waals surface area contributed by atoms with Crippen LogP contribution in [0.25, 0.3) is 0 Å². The van der Waals surface area contributed by atoms with Crippen LogP contribution in [0.4, 0.5) is 0 Å². The topological polar surface area (TPSA) is 42.0 Å². The van der Waals surface area contributed by atoms with Gasteiger partial charge in [0.1, 0.15) is 5.75 Å². The zero-order valence-corrected chi connectivity index (χ0v) is 16.5. The molecule has 2 saturated heterocycles. The molecule has 4 rings (SSSR count). The van der Waals surface area contributed by atoms with E-state index in [0.717, 1.165) is 77.2 Å². The number of morpholine rings is 1. The summed E-state index contributed by atoms with van der Waals surface area (Å²) < 4.78 is 10.8. The summed E-state index contributed by atoms with van der Waals surface area (Å²) in [6, 6.07) is 8.68. The number of hydrogen-bond acceptors (Lipinski definition) is 4. The number of likely N-dealkylation sites (tertiary alicyclic amines) is 1. The Hall–Kier alpha value is -1.59. The highest BCUT2D eigenvalue weighted by Crippen LogP contribution is 2.43. The highest BCUT2D eigenvalue weighted by atomic mass is 16.5. The first-order chi connectivity index (χ1) is 13.2. The van der Waals surface area contributed by atoms with E-state index in [-0.39, 0.29) is 5.41 Å². The van der Waals surface area contributed by atoms with Crippen LogP contribution in [-0.2, 0) is 14.9 Å². The Bertz CT molecular complexity index is 633. The van der Waals surface area contributed by atoms with Crippen molar-refractivity contribution in [3.8, 4) is 5.75 Å². The lowest BCUT2D eigenvalue weighted by atomic mass is 9.77. The predicted octanol–water partition coefficient (Wildman–Crippen LogP) is 2.83. The molecule has 1 aromatic rings. The Labute approximate surface area is 162 Å². The van der Waals surface area contributed by atoms with Crippen LogP contribution in [0.15, 0.2) is 24.3 Å². The Balaban J connectivity index is 1.52. The molecule has 3 aliphatic rings. The molecule has 0 N–H and O–H groups in total. The molecule has 27 heavy (non-hydrogen) atoms. The summed E-state index contributed by atoms with van der Waals surface area (Å²) in [5.41, 5.74) is 0.832. The molecule has 1 aliphatic carbocycles. The second-order valence-corrected chi connectivity index (χ2v) is 8.21. The fourth-order valence-corrected chi connectivity index (χ4v) is 5.20. The fourth-order valence-electron chi connectivity index (χ4n) is 5.20. The molecule has 1 aromatic carbocycles. The van der Waals surface area contributed by atoms with Gasteiger partial charge < -0.3 is 14.4 Å². The van der Waals surface area contributed by atoms with Gasteiger partial charge in [0.05, 0.1) is 25.7 Å². The molecule has 3 fully saturated rings. The molecule has 1 amide bonds. The van der Waals surface area contributed by atoms with Crippen molar-refractivity contribution in [2.24, 2.45) is 0 Å². The molecule has 1 saturated carbocycles. The van der Waals surface area contributed by atoms with Crippen molar-refractivity contribution in [2.75, 3.05) is 46.5 Å². The first-order valence-electron chi connectivity index (χ1n) is 10.5. The van der Waals surface area contributed by atoms with Crippen LogP contribution in [0.2, 0.25) is 0 Å². The maximum atomic E-state index is 13.8. The van der Waals surface area contributed by atoms with Crippen molar-refractivity contribution in [3.05, 3.63) is 29.8 Å². The van der Waals surface area contributed by atoms with Crippen molar-refractivity contribution in [2.45, 2.75) is 50.0 Å². The first kappa shape index (κ1) is 18.8. The minimum atomic E-state index is -0.334. The van der Waals surface area contributed by atoms with E-state index in [4.69, 9.17) is 9.47 Å². The third-order valence-electron chi connectivity index (χ3n) is 6.75. The number of carbonyl (C=O) groups is 1. The van der Waals surface area contributed by atoms with Crippen LogP contribution in [0.3, 0.4) is 0 Å². The summed E-state index contributed by atoms with van der Waals surface area (Å²) in [5.74, 6) is 1.20. The van der Waals surface area contributed by atoms with Crippen LogP contribution in [0, 0.1) is 0 Å². The normalized spacial score (nSPS) is 26.1. The smallest absolute Gasteiger partial charge is 0.233 e. The average Bonchev–Trinajstić information content (AvgIpc) is 3.25. The summed E-state index contributed by atoms with van der Waals surface area (Å²) in [6.45, 7) is 5.40. The Kier molecular flexibility index (Phi) is 5.69. The lowest BCUT2D eigenvalue weighted by Gasteiger charge is -2.43. The van der Waals surface area contributed by atoms with Crippen molar-refractivity contribution in [1.82, 2.24) is 9.80 Å². The number of ether oxygens (including phenoxy) is 2. The average molecular weight is 373 g/mol.